The summed E-state index contributed by atoms with van der Waals surface area (Å²) in [6.07, 6.45) is 2.73. The Labute approximate surface area is 96.7 Å². The van der Waals surface area contributed by atoms with E-state index in [0.29, 0.717) is 0 Å². The standard InChI is InChI=1S/C13H19NS/c1-2-11-10-13(11)14-8-9-15-12-6-4-3-5-7-12/h3-7,11,13-14H,2,8-10H2,1H3. The van der Waals surface area contributed by atoms with Crippen LogP contribution in [0.3, 0.4) is 0 Å². The Kier molecular flexibility index (Phi) is 4.09. The summed E-state index contributed by atoms with van der Waals surface area (Å²) in [6, 6.07) is 11.4. The number of hydrogen-bond acceptors (Lipinski definition) is 2. The van der Waals surface area contributed by atoms with Crippen molar-refractivity contribution in [3.8, 4) is 0 Å². The zero-order chi connectivity index (χ0) is 10.5. The molecule has 1 saturated carbocycles. The topological polar surface area (TPSA) is 12.0 Å². The fourth-order valence-corrected chi connectivity index (χ4v) is 2.68. The van der Waals surface area contributed by atoms with Gasteiger partial charge in [-0.1, -0.05) is 31.5 Å². The van der Waals surface area contributed by atoms with Crippen molar-refractivity contribution < 1.29 is 0 Å². The lowest BCUT2D eigenvalue weighted by Crippen LogP contribution is -2.20. The smallest absolute Gasteiger partial charge is 0.0106 e. The zero-order valence-electron chi connectivity index (χ0n) is 9.28. The van der Waals surface area contributed by atoms with E-state index in [0.717, 1.165) is 18.5 Å². The monoisotopic (exact) mass is 221 g/mol. The minimum Gasteiger partial charge on any atom is -0.313 e. The molecule has 0 bridgehead atoms. The largest absolute Gasteiger partial charge is 0.313 e. The summed E-state index contributed by atoms with van der Waals surface area (Å²) in [5, 5.41) is 3.61. The molecule has 1 aliphatic rings. The molecule has 1 fully saturated rings. The van der Waals surface area contributed by atoms with Crippen LogP contribution < -0.4 is 5.32 Å². The maximum absolute atomic E-state index is 3.61. The molecule has 0 amide bonds. The van der Waals surface area contributed by atoms with Crippen LogP contribution in [0.1, 0.15) is 19.8 Å². The van der Waals surface area contributed by atoms with Gasteiger partial charge in [0, 0.05) is 23.2 Å². The number of benzene rings is 1. The van der Waals surface area contributed by atoms with E-state index >= 15 is 0 Å². The number of rotatable bonds is 6. The van der Waals surface area contributed by atoms with E-state index in [1.165, 1.54) is 23.5 Å². The molecule has 0 aliphatic heterocycles. The summed E-state index contributed by atoms with van der Waals surface area (Å²) in [6.45, 7) is 3.42. The van der Waals surface area contributed by atoms with Crippen molar-refractivity contribution in [2.75, 3.05) is 12.3 Å². The molecule has 15 heavy (non-hydrogen) atoms. The highest BCUT2D eigenvalue weighted by Crippen LogP contribution is 2.32. The Morgan fingerprint density at radius 1 is 1.33 bits per heavy atom. The highest BCUT2D eigenvalue weighted by atomic mass is 32.2. The molecule has 0 saturated heterocycles. The van der Waals surface area contributed by atoms with Crippen LogP contribution in [0, 0.1) is 5.92 Å². The summed E-state index contributed by atoms with van der Waals surface area (Å²) >= 11 is 1.94. The van der Waals surface area contributed by atoms with Gasteiger partial charge in [0.25, 0.3) is 0 Å². The molecule has 0 aromatic heterocycles. The molecule has 0 radical (unpaired) electrons. The van der Waals surface area contributed by atoms with Crippen molar-refractivity contribution in [3.63, 3.8) is 0 Å². The van der Waals surface area contributed by atoms with E-state index in [1.807, 2.05) is 11.8 Å². The van der Waals surface area contributed by atoms with E-state index in [1.54, 1.807) is 0 Å². The predicted molar refractivity (Wildman–Crippen MR) is 67.4 cm³/mol. The van der Waals surface area contributed by atoms with Gasteiger partial charge in [-0.25, -0.2) is 0 Å². The summed E-state index contributed by atoms with van der Waals surface area (Å²) in [5.74, 6) is 2.14. The van der Waals surface area contributed by atoms with Crippen molar-refractivity contribution in [3.05, 3.63) is 30.3 Å². The molecule has 82 valence electrons. The molecule has 2 heteroatoms. The molecule has 2 rings (SSSR count). The molecule has 0 spiro atoms. The average Bonchev–Trinajstić information content (AvgIpc) is 3.05. The molecule has 1 N–H and O–H groups in total. The van der Waals surface area contributed by atoms with Gasteiger partial charge in [0.1, 0.15) is 0 Å². The Bertz CT molecular complexity index is 286. The summed E-state index contributed by atoms with van der Waals surface area (Å²) < 4.78 is 0. The maximum atomic E-state index is 3.61. The minimum atomic E-state index is 0.825. The van der Waals surface area contributed by atoms with Gasteiger partial charge in [-0.05, 0) is 24.5 Å². The van der Waals surface area contributed by atoms with Crippen LogP contribution in [0.5, 0.6) is 0 Å². The van der Waals surface area contributed by atoms with E-state index in [2.05, 4.69) is 42.6 Å². The quantitative estimate of drug-likeness (QED) is 0.585. The van der Waals surface area contributed by atoms with E-state index in [-0.39, 0.29) is 0 Å². The molecule has 2 unspecified atom stereocenters. The van der Waals surface area contributed by atoms with E-state index in [4.69, 9.17) is 0 Å². The second-order valence-corrected chi connectivity index (χ2v) is 5.29. The lowest BCUT2D eigenvalue weighted by molar-refractivity contribution is 0.647. The number of nitrogens with one attached hydrogen (secondary N) is 1. The first-order valence-corrected chi connectivity index (χ1v) is 6.80. The lowest BCUT2D eigenvalue weighted by atomic mass is 10.3. The van der Waals surface area contributed by atoms with Crippen molar-refractivity contribution in [2.24, 2.45) is 5.92 Å². The van der Waals surface area contributed by atoms with Crippen LogP contribution in [-0.4, -0.2) is 18.3 Å². The lowest BCUT2D eigenvalue weighted by Gasteiger charge is -2.03. The fourth-order valence-electron chi connectivity index (χ4n) is 1.88. The first kappa shape index (κ1) is 11.0. The Morgan fingerprint density at radius 2 is 2.13 bits per heavy atom. The van der Waals surface area contributed by atoms with E-state index in [9.17, 15) is 0 Å². The van der Waals surface area contributed by atoms with Crippen molar-refractivity contribution in [2.45, 2.75) is 30.7 Å². The van der Waals surface area contributed by atoms with Gasteiger partial charge in [-0.15, -0.1) is 11.8 Å². The molecule has 1 aromatic rings. The molecular formula is C13H19NS. The molecule has 1 aliphatic carbocycles. The van der Waals surface area contributed by atoms with Crippen molar-refractivity contribution in [1.82, 2.24) is 5.32 Å². The zero-order valence-corrected chi connectivity index (χ0v) is 10.1. The number of thioether (sulfide) groups is 1. The maximum Gasteiger partial charge on any atom is 0.0106 e. The Hall–Kier alpha value is -0.470. The van der Waals surface area contributed by atoms with Gasteiger partial charge in [-0.3, -0.25) is 0 Å². The average molecular weight is 221 g/mol. The predicted octanol–water partition coefficient (Wildman–Crippen LogP) is 3.17. The van der Waals surface area contributed by atoms with Gasteiger partial charge in [-0.2, -0.15) is 0 Å². The summed E-state index contributed by atoms with van der Waals surface area (Å²) in [5.41, 5.74) is 0. The minimum absolute atomic E-state index is 0.825. The molecular weight excluding hydrogens is 202 g/mol. The molecule has 0 heterocycles. The first-order chi connectivity index (χ1) is 7.40. The highest BCUT2D eigenvalue weighted by Gasteiger charge is 2.34. The van der Waals surface area contributed by atoms with Crippen LogP contribution in [0.25, 0.3) is 0 Å². The highest BCUT2D eigenvalue weighted by molar-refractivity contribution is 7.99. The summed E-state index contributed by atoms with van der Waals surface area (Å²) in [4.78, 5) is 1.38. The van der Waals surface area contributed by atoms with Crippen LogP contribution in [0.4, 0.5) is 0 Å². The molecule has 2 atom stereocenters. The Morgan fingerprint density at radius 3 is 2.80 bits per heavy atom. The van der Waals surface area contributed by atoms with E-state index < -0.39 is 0 Å². The van der Waals surface area contributed by atoms with Crippen LogP contribution in [0.15, 0.2) is 35.2 Å². The fraction of sp³-hybridized carbons (Fsp3) is 0.538. The van der Waals surface area contributed by atoms with Gasteiger partial charge in [0.05, 0.1) is 0 Å². The van der Waals surface area contributed by atoms with Crippen molar-refractivity contribution in [1.29, 1.82) is 0 Å². The second-order valence-electron chi connectivity index (χ2n) is 4.13. The van der Waals surface area contributed by atoms with Crippen molar-refractivity contribution >= 4 is 11.8 Å². The number of hydrogen-bond donors (Lipinski definition) is 1. The third-order valence-corrected chi connectivity index (χ3v) is 3.98. The van der Waals surface area contributed by atoms with Gasteiger partial charge in [0.2, 0.25) is 0 Å². The molecule has 1 nitrogen and oxygen atoms in total. The van der Waals surface area contributed by atoms with Crippen LogP contribution >= 0.6 is 11.8 Å². The third-order valence-electron chi connectivity index (χ3n) is 2.97. The third kappa shape index (κ3) is 3.54. The van der Waals surface area contributed by atoms with Gasteiger partial charge >= 0.3 is 0 Å². The second kappa shape index (κ2) is 5.57. The molecule has 1 aromatic carbocycles. The summed E-state index contributed by atoms with van der Waals surface area (Å²) in [7, 11) is 0. The van der Waals surface area contributed by atoms with Crippen LogP contribution in [0.2, 0.25) is 0 Å². The van der Waals surface area contributed by atoms with Gasteiger partial charge < -0.3 is 5.32 Å². The van der Waals surface area contributed by atoms with Crippen LogP contribution in [-0.2, 0) is 0 Å². The van der Waals surface area contributed by atoms with Gasteiger partial charge in [0.15, 0.2) is 0 Å². The Balaban J connectivity index is 1.56. The normalized spacial score (nSPS) is 24.1. The SMILES string of the molecule is CCC1CC1NCCSc1ccccc1. The first-order valence-electron chi connectivity index (χ1n) is 5.81.